The fourth-order valence-electron chi connectivity index (χ4n) is 1.79. The van der Waals surface area contributed by atoms with Crippen molar-refractivity contribution in [2.75, 3.05) is 40.5 Å². The molecule has 0 saturated carbocycles. The number of sulfonamides is 1. The lowest BCUT2D eigenvalue weighted by molar-refractivity contribution is 0.0699. The molecule has 7 nitrogen and oxygen atoms in total. The van der Waals surface area contributed by atoms with Crippen molar-refractivity contribution in [3.63, 3.8) is 0 Å². The summed E-state index contributed by atoms with van der Waals surface area (Å²) in [6.07, 6.45) is 2.24. The minimum absolute atomic E-state index is 0.288. The van der Waals surface area contributed by atoms with Crippen molar-refractivity contribution in [2.45, 2.75) is 17.9 Å². The molecule has 0 saturated heterocycles. The maximum Gasteiger partial charge on any atom is 0.242 e. The first-order valence-electron chi connectivity index (χ1n) is 6.87. The van der Waals surface area contributed by atoms with Gasteiger partial charge in [0.05, 0.1) is 18.1 Å². The molecule has 0 bridgehead atoms. The van der Waals surface area contributed by atoms with Gasteiger partial charge in [-0.15, -0.1) is 0 Å². The van der Waals surface area contributed by atoms with E-state index in [0.29, 0.717) is 39.3 Å². The summed E-state index contributed by atoms with van der Waals surface area (Å²) < 4.78 is 38.8. The van der Waals surface area contributed by atoms with Crippen LogP contribution in [0.15, 0.2) is 17.2 Å². The molecule has 0 spiro atoms. The maximum atomic E-state index is 12.1. The summed E-state index contributed by atoms with van der Waals surface area (Å²) in [6.45, 7) is 2.55. The van der Waals surface area contributed by atoms with E-state index in [-0.39, 0.29) is 4.90 Å². The van der Waals surface area contributed by atoms with E-state index in [0.717, 1.165) is 5.69 Å². The van der Waals surface area contributed by atoms with Gasteiger partial charge < -0.3 is 19.4 Å². The minimum Gasteiger partial charge on any atom is -0.382 e. The lowest BCUT2D eigenvalue weighted by atomic mass is 10.4. The van der Waals surface area contributed by atoms with Crippen molar-refractivity contribution < 1.29 is 17.9 Å². The second-order valence-corrected chi connectivity index (χ2v) is 6.43. The average Bonchev–Trinajstić information content (AvgIpc) is 2.81. The molecular weight excluding hydrogens is 294 g/mol. The third kappa shape index (κ3) is 6.15. The summed E-state index contributed by atoms with van der Waals surface area (Å²) in [6, 6.07) is 1.67. The molecule has 0 atom stereocenters. The summed E-state index contributed by atoms with van der Waals surface area (Å²) in [5.74, 6) is 0. The number of hydrogen-bond donors (Lipinski definition) is 2. The average molecular weight is 319 g/mol. The van der Waals surface area contributed by atoms with Gasteiger partial charge >= 0.3 is 0 Å². The van der Waals surface area contributed by atoms with Gasteiger partial charge in [0.2, 0.25) is 10.0 Å². The molecule has 0 amide bonds. The molecule has 0 radical (unpaired) electrons. The Morgan fingerprint density at radius 2 is 2.05 bits per heavy atom. The van der Waals surface area contributed by atoms with Crippen LogP contribution in [0.2, 0.25) is 0 Å². The number of nitrogens with one attached hydrogen (secondary N) is 2. The Morgan fingerprint density at radius 3 is 2.71 bits per heavy atom. The van der Waals surface area contributed by atoms with Crippen LogP contribution in [0.5, 0.6) is 0 Å². The second-order valence-electron chi connectivity index (χ2n) is 4.66. The summed E-state index contributed by atoms with van der Waals surface area (Å²) in [5.41, 5.74) is 0.917. The van der Waals surface area contributed by atoms with Crippen molar-refractivity contribution in [3.8, 4) is 0 Å². The van der Waals surface area contributed by atoms with Gasteiger partial charge in [-0.25, -0.2) is 13.1 Å². The highest BCUT2D eigenvalue weighted by atomic mass is 32.2. The van der Waals surface area contributed by atoms with Crippen molar-refractivity contribution in [1.29, 1.82) is 0 Å². The Labute approximate surface area is 126 Å². The summed E-state index contributed by atoms with van der Waals surface area (Å²) >= 11 is 0. The van der Waals surface area contributed by atoms with Gasteiger partial charge in [-0.1, -0.05) is 0 Å². The van der Waals surface area contributed by atoms with Gasteiger partial charge in [0, 0.05) is 45.7 Å². The second kappa shape index (κ2) is 9.16. The Balaban J connectivity index is 2.41. The zero-order valence-corrected chi connectivity index (χ0v) is 13.7. The third-order valence-corrected chi connectivity index (χ3v) is 4.37. The number of methoxy groups -OCH3 is 1. The molecular formula is C13H25N3O4S. The lowest BCUT2D eigenvalue weighted by Crippen LogP contribution is -2.25. The molecule has 0 aliphatic carbocycles. The highest BCUT2D eigenvalue weighted by Crippen LogP contribution is 2.13. The van der Waals surface area contributed by atoms with Crippen LogP contribution in [0.25, 0.3) is 0 Å². The number of hydrogen-bond acceptors (Lipinski definition) is 5. The van der Waals surface area contributed by atoms with Crippen molar-refractivity contribution in [1.82, 2.24) is 14.6 Å². The standard InChI is InChI=1S/C13H25N3O4S/c1-14-10-12-9-13(11-16(12)2)21(17,18)15-5-4-6-20-8-7-19-3/h9,11,14-15H,4-8,10H2,1-3H3. The van der Waals surface area contributed by atoms with E-state index in [4.69, 9.17) is 9.47 Å². The van der Waals surface area contributed by atoms with Gasteiger partial charge in [-0.3, -0.25) is 0 Å². The highest BCUT2D eigenvalue weighted by Gasteiger charge is 2.16. The number of rotatable bonds is 11. The van der Waals surface area contributed by atoms with E-state index in [1.54, 1.807) is 23.9 Å². The van der Waals surface area contributed by atoms with Crippen LogP contribution in [0, 0.1) is 0 Å². The van der Waals surface area contributed by atoms with Crippen LogP contribution in [-0.2, 0) is 33.1 Å². The van der Waals surface area contributed by atoms with E-state index in [1.165, 1.54) is 0 Å². The molecule has 1 aromatic heterocycles. The van der Waals surface area contributed by atoms with Crippen molar-refractivity contribution in [3.05, 3.63) is 18.0 Å². The molecule has 1 rings (SSSR count). The van der Waals surface area contributed by atoms with E-state index in [9.17, 15) is 8.42 Å². The molecule has 1 heterocycles. The fourth-order valence-corrected chi connectivity index (χ4v) is 2.96. The predicted octanol–water partition coefficient (Wildman–Crippen LogP) is 0.0759. The van der Waals surface area contributed by atoms with Crippen LogP contribution in [0.1, 0.15) is 12.1 Å². The number of nitrogens with zero attached hydrogens (tertiary/aromatic N) is 1. The molecule has 1 aromatic rings. The minimum atomic E-state index is -3.46. The first kappa shape index (κ1) is 18.1. The lowest BCUT2D eigenvalue weighted by Gasteiger charge is -2.05. The van der Waals surface area contributed by atoms with Crippen LogP contribution in [0.4, 0.5) is 0 Å². The van der Waals surface area contributed by atoms with Crippen LogP contribution >= 0.6 is 0 Å². The van der Waals surface area contributed by atoms with E-state index >= 15 is 0 Å². The van der Waals surface area contributed by atoms with Crippen molar-refractivity contribution >= 4 is 10.0 Å². The SMILES string of the molecule is CNCc1cc(S(=O)(=O)NCCCOCCOC)cn1C. The molecule has 21 heavy (non-hydrogen) atoms. The van der Waals surface area contributed by atoms with Gasteiger partial charge in [-0.05, 0) is 19.5 Å². The highest BCUT2D eigenvalue weighted by molar-refractivity contribution is 7.89. The number of aryl methyl sites for hydroxylation is 1. The van der Waals surface area contributed by atoms with Crippen LogP contribution in [-0.4, -0.2) is 53.5 Å². The zero-order chi connectivity index (χ0) is 15.7. The van der Waals surface area contributed by atoms with Crippen LogP contribution in [0.3, 0.4) is 0 Å². The Bertz CT molecular complexity index is 513. The maximum absolute atomic E-state index is 12.1. The summed E-state index contributed by atoms with van der Waals surface area (Å²) in [4.78, 5) is 0.288. The quantitative estimate of drug-likeness (QED) is 0.564. The number of ether oxygens (including phenoxy) is 2. The Kier molecular flexibility index (Phi) is 7.91. The van der Waals surface area contributed by atoms with Gasteiger partial charge in [-0.2, -0.15) is 0 Å². The third-order valence-electron chi connectivity index (χ3n) is 2.94. The molecule has 8 heteroatoms. The molecule has 122 valence electrons. The van der Waals surface area contributed by atoms with Crippen LogP contribution < -0.4 is 10.0 Å². The smallest absolute Gasteiger partial charge is 0.242 e. The van der Waals surface area contributed by atoms with E-state index in [2.05, 4.69) is 10.0 Å². The molecule has 0 aliphatic rings. The van der Waals surface area contributed by atoms with E-state index in [1.807, 2.05) is 14.1 Å². The fraction of sp³-hybridized carbons (Fsp3) is 0.692. The Morgan fingerprint density at radius 1 is 1.29 bits per heavy atom. The molecule has 0 unspecified atom stereocenters. The molecule has 0 aromatic carbocycles. The monoisotopic (exact) mass is 319 g/mol. The van der Waals surface area contributed by atoms with E-state index < -0.39 is 10.0 Å². The van der Waals surface area contributed by atoms with Gasteiger partial charge in [0.1, 0.15) is 0 Å². The normalized spacial score (nSPS) is 12.0. The first-order chi connectivity index (χ1) is 10.0. The Hall–Kier alpha value is -0.930. The molecule has 0 fully saturated rings. The van der Waals surface area contributed by atoms with Gasteiger partial charge in [0.25, 0.3) is 0 Å². The summed E-state index contributed by atoms with van der Waals surface area (Å²) in [7, 11) is 1.81. The molecule has 0 aliphatic heterocycles. The number of aromatic nitrogens is 1. The topological polar surface area (TPSA) is 81.6 Å². The zero-order valence-electron chi connectivity index (χ0n) is 12.9. The first-order valence-corrected chi connectivity index (χ1v) is 8.35. The largest absolute Gasteiger partial charge is 0.382 e. The summed E-state index contributed by atoms with van der Waals surface area (Å²) in [5, 5.41) is 3.00. The predicted molar refractivity (Wildman–Crippen MR) is 80.7 cm³/mol. The molecule has 2 N–H and O–H groups in total. The van der Waals surface area contributed by atoms with Crippen molar-refractivity contribution in [2.24, 2.45) is 7.05 Å². The van der Waals surface area contributed by atoms with Gasteiger partial charge in [0.15, 0.2) is 0 Å².